The van der Waals surface area contributed by atoms with Gasteiger partial charge in [0.1, 0.15) is 5.75 Å². The van der Waals surface area contributed by atoms with Gasteiger partial charge in [0, 0.05) is 21.7 Å². The maximum atomic E-state index is 13.1. The van der Waals surface area contributed by atoms with Crippen molar-refractivity contribution in [3.8, 4) is 17.6 Å². The Balaban J connectivity index is 1.85. The van der Waals surface area contributed by atoms with Crippen LogP contribution in [0.1, 0.15) is 34.0 Å². The summed E-state index contributed by atoms with van der Waals surface area (Å²) in [6, 6.07) is 21.3. The standard InChI is InChI=1S/C25H19ClO4/c1-2-29-24(27)17-30-23-14-13-21(26)16-22(23)25(28)20-10-6-9-19(15-20)12-11-18-7-4-3-5-8-18/h3-10,13-16H,2,17H2,1H3. The number of benzene rings is 3. The molecule has 0 radical (unpaired) electrons. The van der Waals surface area contributed by atoms with Crippen LogP contribution in [-0.4, -0.2) is 25.0 Å². The highest BCUT2D eigenvalue weighted by Crippen LogP contribution is 2.26. The first-order chi connectivity index (χ1) is 14.6. The molecule has 0 fully saturated rings. The third-order valence-corrected chi connectivity index (χ3v) is 4.32. The summed E-state index contributed by atoms with van der Waals surface area (Å²) in [4.78, 5) is 24.7. The fraction of sp³-hybridized carbons (Fsp3) is 0.120. The van der Waals surface area contributed by atoms with Crippen LogP contribution in [0.15, 0.2) is 72.8 Å². The van der Waals surface area contributed by atoms with Crippen molar-refractivity contribution in [1.82, 2.24) is 0 Å². The molecule has 0 unspecified atom stereocenters. The molecule has 3 aromatic rings. The van der Waals surface area contributed by atoms with Gasteiger partial charge in [0.2, 0.25) is 0 Å². The van der Waals surface area contributed by atoms with E-state index in [1.165, 1.54) is 6.07 Å². The van der Waals surface area contributed by atoms with E-state index in [4.69, 9.17) is 21.1 Å². The van der Waals surface area contributed by atoms with Gasteiger partial charge in [0.05, 0.1) is 12.2 Å². The summed E-state index contributed by atoms with van der Waals surface area (Å²) in [6.45, 7) is 1.67. The number of esters is 1. The lowest BCUT2D eigenvalue weighted by molar-refractivity contribution is -0.145. The maximum Gasteiger partial charge on any atom is 0.344 e. The average molecular weight is 419 g/mol. The molecule has 0 aliphatic rings. The van der Waals surface area contributed by atoms with E-state index in [-0.39, 0.29) is 30.3 Å². The topological polar surface area (TPSA) is 52.6 Å². The van der Waals surface area contributed by atoms with Gasteiger partial charge < -0.3 is 9.47 Å². The van der Waals surface area contributed by atoms with E-state index in [0.29, 0.717) is 16.1 Å². The van der Waals surface area contributed by atoms with Gasteiger partial charge >= 0.3 is 5.97 Å². The molecule has 4 nitrogen and oxygen atoms in total. The molecule has 0 saturated heterocycles. The van der Waals surface area contributed by atoms with Gasteiger partial charge in [-0.2, -0.15) is 0 Å². The zero-order chi connectivity index (χ0) is 21.3. The molecule has 0 aromatic heterocycles. The van der Waals surface area contributed by atoms with Crippen LogP contribution in [-0.2, 0) is 9.53 Å². The smallest absolute Gasteiger partial charge is 0.344 e. The second-order valence-electron chi connectivity index (χ2n) is 6.26. The largest absolute Gasteiger partial charge is 0.481 e. The molecule has 0 aliphatic heterocycles. The monoisotopic (exact) mass is 418 g/mol. The van der Waals surface area contributed by atoms with E-state index in [2.05, 4.69) is 11.8 Å². The summed E-state index contributed by atoms with van der Waals surface area (Å²) in [6.07, 6.45) is 0. The van der Waals surface area contributed by atoms with E-state index in [9.17, 15) is 9.59 Å². The van der Waals surface area contributed by atoms with Crippen molar-refractivity contribution in [3.63, 3.8) is 0 Å². The molecular formula is C25H19ClO4. The number of hydrogen-bond acceptors (Lipinski definition) is 4. The zero-order valence-corrected chi connectivity index (χ0v) is 17.1. The second kappa shape index (κ2) is 10.3. The fourth-order valence-electron chi connectivity index (χ4n) is 2.70. The van der Waals surface area contributed by atoms with E-state index in [0.717, 1.165) is 5.56 Å². The molecule has 0 amide bonds. The first kappa shape index (κ1) is 21.2. The number of halogens is 1. The van der Waals surface area contributed by atoms with Crippen LogP contribution in [0.3, 0.4) is 0 Å². The molecule has 0 saturated carbocycles. The zero-order valence-electron chi connectivity index (χ0n) is 16.4. The molecule has 5 heteroatoms. The first-order valence-corrected chi connectivity index (χ1v) is 9.74. The average Bonchev–Trinajstić information content (AvgIpc) is 2.77. The number of carbonyl (C=O) groups is 2. The van der Waals surface area contributed by atoms with Crippen LogP contribution in [0, 0.1) is 11.8 Å². The van der Waals surface area contributed by atoms with Gasteiger partial charge in [0.15, 0.2) is 12.4 Å². The van der Waals surface area contributed by atoms with E-state index in [1.807, 2.05) is 36.4 Å². The van der Waals surface area contributed by atoms with Gasteiger partial charge in [-0.3, -0.25) is 4.79 Å². The SMILES string of the molecule is CCOC(=O)COc1ccc(Cl)cc1C(=O)c1cccc(C#Cc2ccccc2)c1. The normalized spacial score (nSPS) is 9.93. The predicted molar refractivity (Wildman–Crippen MR) is 116 cm³/mol. The van der Waals surface area contributed by atoms with Crippen LogP contribution < -0.4 is 4.74 Å². The van der Waals surface area contributed by atoms with Crippen molar-refractivity contribution in [1.29, 1.82) is 0 Å². The molecule has 150 valence electrons. The third-order valence-electron chi connectivity index (χ3n) is 4.09. The Hall–Kier alpha value is -3.55. The molecule has 0 bridgehead atoms. The number of rotatable bonds is 6. The van der Waals surface area contributed by atoms with Crippen molar-refractivity contribution in [2.75, 3.05) is 13.2 Å². The molecule has 0 aliphatic carbocycles. The van der Waals surface area contributed by atoms with Gasteiger partial charge in [-0.1, -0.05) is 53.8 Å². The summed E-state index contributed by atoms with van der Waals surface area (Å²) in [7, 11) is 0. The predicted octanol–water partition coefficient (Wildman–Crippen LogP) is 4.91. The van der Waals surface area contributed by atoms with Crippen molar-refractivity contribution < 1.29 is 19.1 Å². The number of ketones is 1. The molecule has 0 spiro atoms. The molecule has 0 N–H and O–H groups in total. The molecule has 0 heterocycles. The minimum absolute atomic E-state index is 0.255. The van der Waals surface area contributed by atoms with Crippen molar-refractivity contribution in [3.05, 3.63) is 100 Å². The number of hydrogen-bond donors (Lipinski definition) is 0. The summed E-state index contributed by atoms with van der Waals surface area (Å²) < 4.78 is 10.4. The second-order valence-corrected chi connectivity index (χ2v) is 6.70. The van der Waals surface area contributed by atoms with Gasteiger partial charge in [-0.25, -0.2) is 4.79 Å². The molecule has 0 atom stereocenters. The Kier molecular flexibility index (Phi) is 7.26. The highest BCUT2D eigenvalue weighted by atomic mass is 35.5. The fourth-order valence-corrected chi connectivity index (χ4v) is 2.88. The molecular weight excluding hydrogens is 400 g/mol. The molecule has 3 aromatic carbocycles. The lowest BCUT2D eigenvalue weighted by Crippen LogP contribution is -2.16. The number of carbonyl (C=O) groups excluding carboxylic acids is 2. The van der Waals surface area contributed by atoms with Crippen molar-refractivity contribution in [2.24, 2.45) is 0 Å². The van der Waals surface area contributed by atoms with E-state index >= 15 is 0 Å². The van der Waals surface area contributed by atoms with Crippen LogP contribution in [0.25, 0.3) is 0 Å². The quantitative estimate of drug-likeness (QED) is 0.324. The van der Waals surface area contributed by atoms with Gasteiger partial charge in [-0.15, -0.1) is 0 Å². The van der Waals surface area contributed by atoms with Gasteiger partial charge in [-0.05, 0) is 49.4 Å². The minimum Gasteiger partial charge on any atom is -0.481 e. The van der Waals surface area contributed by atoms with Crippen LogP contribution in [0.2, 0.25) is 5.02 Å². The lowest BCUT2D eigenvalue weighted by Gasteiger charge is -2.11. The van der Waals surface area contributed by atoms with E-state index < -0.39 is 5.97 Å². The summed E-state index contributed by atoms with van der Waals surface area (Å²) in [5.74, 6) is 5.61. The summed E-state index contributed by atoms with van der Waals surface area (Å²) in [5.41, 5.74) is 2.30. The molecule has 3 rings (SSSR count). The lowest BCUT2D eigenvalue weighted by atomic mass is 10.0. The first-order valence-electron chi connectivity index (χ1n) is 9.36. The Bertz CT molecular complexity index is 1110. The Labute approximate surface area is 180 Å². The summed E-state index contributed by atoms with van der Waals surface area (Å²) in [5, 5.41) is 0.391. The van der Waals surface area contributed by atoms with Crippen LogP contribution in [0.5, 0.6) is 5.75 Å². The Morgan fingerprint density at radius 3 is 2.40 bits per heavy atom. The van der Waals surface area contributed by atoms with E-state index in [1.54, 1.807) is 37.3 Å². The summed E-state index contributed by atoms with van der Waals surface area (Å²) >= 11 is 6.09. The van der Waals surface area contributed by atoms with Crippen LogP contribution in [0.4, 0.5) is 0 Å². The van der Waals surface area contributed by atoms with Crippen molar-refractivity contribution in [2.45, 2.75) is 6.92 Å². The Morgan fingerprint density at radius 1 is 0.900 bits per heavy atom. The van der Waals surface area contributed by atoms with Crippen molar-refractivity contribution >= 4 is 23.4 Å². The Morgan fingerprint density at radius 2 is 1.63 bits per heavy atom. The molecule has 30 heavy (non-hydrogen) atoms. The van der Waals surface area contributed by atoms with Crippen LogP contribution >= 0.6 is 11.6 Å². The highest BCUT2D eigenvalue weighted by Gasteiger charge is 2.17. The van der Waals surface area contributed by atoms with Gasteiger partial charge in [0.25, 0.3) is 0 Å². The maximum absolute atomic E-state index is 13.1. The highest BCUT2D eigenvalue weighted by molar-refractivity contribution is 6.31. The third kappa shape index (κ3) is 5.73. The minimum atomic E-state index is -0.510. The number of ether oxygens (including phenoxy) is 2.